The van der Waals surface area contributed by atoms with E-state index in [1.807, 2.05) is 37.8 Å². The van der Waals surface area contributed by atoms with E-state index in [1.54, 1.807) is 0 Å². The van der Waals surface area contributed by atoms with E-state index >= 15 is 0 Å². The van der Waals surface area contributed by atoms with E-state index in [1.165, 1.54) is 5.56 Å². The minimum Gasteiger partial charge on any atom is -0.491 e. The fourth-order valence-corrected chi connectivity index (χ4v) is 2.95. The zero-order valence-electron chi connectivity index (χ0n) is 14.3. The summed E-state index contributed by atoms with van der Waals surface area (Å²) in [5.74, 6) is 0.159. The Morgan fingerprint density at radius 2 is 2.00 bits per heavy atom. The highest BCUT2D eigenvalue weighted by Crippen LogP contribution is 2.26. The molecule has 0 saturated heterocycles. The molecule has 1 fully saturated rings. The van der Waals surface area contributed by atoms with Gasteiger partial charge >= 0.3 is 5.97 Å². The second kappa shape index (κ2) is 8.31. The number of hydrogen-bond donors (Lipinski definition) is 2. The fraction of sp³-hybridized carbons (Fsp3) is 0.611. The van der Waals surface area contributed by atoms with Crippen molar-refractivity contribution in [1.29, 1.82) is 0 Å². The summed E-state index contributed by atoms with van der Waals surface area (Å²) in [6.45, 7) is 7.83. The van der Waals surface area contributed by atoms with Gasteiger partial charge < -0.3 is 15.2 Å². The van der Waals surface area contributed by atoms with Gasteiger partial charge in [0.2, 0.25) is 0 Å². The summed E-state index contributed by atoms with van der Waals surface area (Å²) < 4.78 is 5.64. The molecule has 0 heterocycles. The van der Waals surface area contributed by atoms with Gasteiger partial charge in [-0.05, 0) is 50.9 Å². The van der Waals surface area contributed by atoms with E-state index in [9.17, 15) is 4.79 Å². The third-order valence-electron chi connectivity index (χ3n) is 4.26. The van der Waals surface area contributed by atoms with Gasteiger partial charge in [0.1, 0.15) is 5.75 Å². The van der Waals surface area contributed by atoms with Gasteiger partial charge in [-0.25, -0.2) is 0 Å². The van der Waals surface area contributed by atoms with Crippen molar-refractivity contribution in [3.8, 4) is 5.75 Å². The van der Waals surface area contributed by atoms with Crippen LogP contribution >= 0.6 is 0 Å². The van der Waals surface area contributed by atoms with Crippen molar-refractivity contribution in [2.75, 3.05) is 13.1 Å². The van der Waals surface area contributed by atoms with E-state index in [2.05, 4.69) is 17.4 Å². The molecule has 0 bridgehead atoms. The van der Waals surface area contributed by atoms with Crippen LogP contribution in [0.25, 0.3) is 0 Å². The van der Waals surface area contributed by atoms with Gasteiger partial charge in [0, 0.05) is 18.6 Å². The van der Waals surface area contributed by atoms with Gasteiger partial charge in [0.25, 0.3) is 0 Å². The number of likely N-dealkylation sites (N-methyl/N-ethyl adjacent to an activating group) is 1. The first kappa shape index (κ1) is 17.8. The lowest BCUT2D eigenvalue weighted by Gasteiger charge is -2.42. The van der Waals surface area contributed by atoms with Gasteiger partial charge in [0.05, 0.1) is 12.6 Å². The quantitative estimate of drug-likeness (QED) is 0.732. The van der Waals surface area contributed by atoms with Crippen LogP contribution in [0, 0.1) is 0 Å². The van der Waals surface area contributed by atoms with Gasteiger partial charge in [-0.15, -0.1) is 0 Å². The Morgan fingerprint density at radius 1 is 1.35 bits per heavy atom. The molecule has 1 aliphatic carbocycles. The standard InChI is InChI=1S/C18H28N2O3/c1-4-20(12-18(21)22)16-9-15(10-16)19-11-14-5-7-17(8-6-14)23-13(2)3/h5-8,13,15-16,19H,4,9-12H2,1-3H3,(H,21,22). The van der Waals surface area contributed by atoms with Crippen LogP contribution in [0.15, 0.2) is 24.3 Å². The van der Waals surface area contributed by atoms with Crippen LogP contribution in [-0.4, -0.2) is 47.3 Å². The first-order valence-electron chi connectivity index (χ1n) is 8.42. The van der Waals surface area contributed by atoms with Crippen LogP contribution in [0.1, 0.15) is 39.2 Å². The minimum absolute atomic E-state index is 0.144. The Kier molecular flexibility index (Phi) is 6.42. The largest absolute Gasteiger partial charge is 0.491 e. The predicted octanol–water partition coefficient (Wildman–Crippen LogP) is 2.50. The summed E-state index contributed by atoms with van der Waals surface area (Å²) in [7, 11) is 0. The second-order valence-corrected chi connectivity index (χ2v) is 6.47. The monoisotopic (exact) mass is 320 g/mol. The molecule has 1 saturated carbocycles. The van der Waals surface area contributed by atoms with Crippen molar-refractivity contribution >= 4 is 5.97 Å². The smallest absolute Gasteiger partial charge is 0.317 e. The molecule has 0 aliphatic heterocycles. The highest BCUT2D eigenvalue weighted by Gasteiger charge is 2.33. The molecule has 1 aliphatic rings. The first-order valence-corrected chi connectivity index (χ1v) is 8.42. The van der Waals surface area contributed by atoms with Crippen molar-refractivity contribution in [3.63, 3.8) is 0 Å². The predicted molar refractivity (Wildman–Crippen MR) is 90.7 cm³/mol. The van der Waals surface area contributed by atoms with E-state index in [4.69, 9.17) is 9.84 Å². The van der Waals surface area contributed by atoms with Crippen molar-refractivity contribution < 1.29 is 14.6 Å². The molecule has 23 heavy (non-hydrogen) atoms. The molecule has 0 atom stereocenters. The molecular weight excluding hydrogens is 292 g/mol. The second-order valence-electron chi connectivity index (χ2n) is 6.47. The summed E-state index contributed by atoms with van der Waals surface area (Å²) in [5.41, 5.74) is 1.24. The molecule has 0 spiro atoms. The summed E-state index contributed by atoms with van der Waals surface area (Å²) in [6.07, 6.45) is 2.24. The average Bonchev–Trinajstić information content (AvgIpc) is 2.45. The highest BCUT2D eigenvalue weighted by molar-refractivity contribution is 5.69. The molecular formula is C18H28N2O3. The maximum Gasteiger partial charge on any atom is 0.317 e. The van der Waals surface area contributed by atoms with Crippen LogP contribution in [-0.2, 0) is 11.3 Å². The Labute approximate surface area is 138 Å². The molecule has 5 nitrogen and oxygen atoms in total. The van der Waals surface area contributed by atoms with Gasteiger partial charge in [-0.2, -0.15) is 0 Å². The van der Waals surface area contributed by atoms with E-state index < -0.39 is 5.97 Å². The molecule has 2 N–H and O–H groups in total. The average molecular weight is 320 g/mol. The minimum atomic E-state index is -0.744. The Morgan fingerprint density at radius 3 is 2.52 bits per heavy atom. The zero-order valence-corrected chi connectivity index (χ0v) is 14.3. The summed E-state index contributed by atoms with van der Waals surface area (Å²) in [5, 5.41) is 12.5. The number of benzene rings is 1. The lowest BCUT2D eigenvalue weighted by molar-refractivity contribution is -0.139. The van der Waals surface area contributed by atoms with Gasteiger partial charge in [0.15, 0.2) is 0 Å². The number of nitrogens with zero attached hydrogens (tertiary/aromatic N) is 1. The molecule has 0 unspecified atom stereocenters. The first-order chi connectivity index (χ1) is 11.0. The SMILES string of the molecule is CCN(CC(=O)O)C1CC(NCc2ccc(OC(C)C)cc2)C1. The number of rotatable bonds is 9. The molecule has 1 aromatic carbocycles. The van der Waals surface area contributed by atoms with Crippen LogP contribution in [0.5, 0.6) is 5.75 Å². The summed E-state index contributed by atoms with van der Waals surface area (Å²) in [6, 6.07) is 9.07. The van der Waals surface area contributed by atoms with Crippen molar-refractivity contribution in [2.24, 2.45) is 0 Å². The van der Waals surface area contributed by atoms with Crippen molar-refractivity contribution in [1.82, 2.24) is 10.2 Å². The molecule has 2 rings (SSSR count). The molecule has 5 heteroatoms. The van der Waals surface area contributed by atoms with E-state index in [0.717, 1.165) is 31.7 Å². The van der Waals surface area contributed by atoms with Gasteiger partial charge in [-0.1, -0.05) is 19.1 Å². The number of nitrogens with one attached hydrogen (secondary N) is 1. The van der Waals surface area contributed by atoms with Gasteiger partial charge in [-0.3, -0.25) is 9.69 Å². The van der Waals surface area contributed by atoms with Crippen LogP contribution in [0.3, 0.4) is 0 Å². The number of ether oxygens (including phenoxy) is 1. The number of aliphatic carboxylic acids is 1. The lowest BCUT2D eigenvalue weighted by Crippen LogP contribution is -2.53. The highest BCUT2D eigenvalue weighted by atomic mass is 16.5. The topological polar surface area (TPSA) is 61.8 Å². The maximum atomic E-state index is 10.8. The molecule has 1 aromatic rings. The molecule has 0 radical (unpaired) electrons. The van der Waals surface area contributed by atoms with Crippen molar-refractivity contribution in [2.45, 2.75) is 58.3 Å². The number of carboxylic acids is 1. The summed E-state index contributed by atoms with van der Waals surface area (Å²) in [4.78, 5) is 12.9. The van der Waals surface area contributed by atoms with Crippen molar-refractivity contribution in [3.05, 3.63) is 29.8 Å². The Balaban J connectivity index is 1.71. The Hall–Kier alpha value is -1.59. The maximum absolute atomic E-state index is 10.8. The third kappa shape index (κ3) is 5.52. The number of carbonyl (C=O) groups is 1. The molecule has 128 valence electrons. The Bertz CT molecular complexity index is 495. The molecule has 0 amide bonds. The number of carboxylic acid groups (broad SMARTS) is 1. The lowest BCUT2D eigenvalue weighted by atomic mass is 9.85. The van der Waals surface area contributed by atoms with E-state index in [-0.39, 0.29) is 12.6 Å². The summed E-state index contributed by atoms with van der Waals surface area (Å²) >= 11 is 0. The molecule has 0 aromatic heterocycles. The fourth-order valence-electron chi connectivity index (χ4n) is 2.95. The normalized spacial score (nSPS) is 20.6. The van der Waals surface area contributed by atoms with Crippen LogP contribution in [0.4, 0.5) is 0 Å². The van der Waals surface area contributed by atoms with E-state index in [0.29, 0.717) is 12.1 Å². The van der Waals surface area contributed by atoms with Crippen LogP contribution < -0.4 is 10.1 Å². The zero-order chi connectivity index (χ0) is 16.8. The number of hydrogen-bond acceptors (Lipinski definition) is 4. The third-order valence-corrected chi connectivity index (χ3v) is 4.26. The van der Waals surface area contributed by atoms with Crippen LogP contribution in [0.2, 0.25) is 0 Å².